The Morgan fingerprint density at radius 2 is 1.67 bits per heavy atom. The van der Waals surface area contributed by atoms with Gasteiger partial charge in [0, 0.05) is 6.26 Å². The van der Waals surface area contributed by atoms with Crippen molar-refractivity contribution in [2.24, 2.45) is 0 Å². The summed E-state index contributed by atoms with van der Waals surface area (Å²) in [5.41, 5.74) is 0. The van der Waals surface area contributed by atoms with Crippen molar-refractivity contribution in [3.63, 3.8) is 0 Å². The number of hydrogen-bond acceptors (Lipinski definition) is 5. The molecule has 0 atom stereocenters. The van der Waals surface area contributed by atoms with Crippen LogP contribution in [0.3, 0.4) is 0 Å². The zero-order valence-corrected chi connectivity index (χ0v) is 11.4. The molecule has 0 amide bonds. The molecule has 1 rings (SSSR count). The fourth-order valence-electron chi connectivity index (χ4n) is 1.21. The first-order valence-electron chi connectivity index (χ1n) is 5.06. The van der Waals surface area contributed by atoms with E-state index in [0.29, 0.717) is 5.75 Å². The number of ether oxygens (including phenoxy) is 1. The summed E-state index contributed by atoms with van der Waals surface area (Å²) < 4.78 is 56.9. The molecule has 0 aliphatic carbocycles. The molecule has 0 bridgehead atoms. The molecule has 0 saturated carbocycles. The molecule has 0 heterocycles. The number of hydrogen-bond donors (Lipinski definition) is 1. The van der Waals surface area contributed by atoms with Gasteiger partial charge in [0.1, 0.15) is 5.75 Å². The van der Waals surface area contributed by atoms with Gasteiger partial charge in [0.2, 0.25) is 0 Å². The van der Waals surface area contributed by atoms with Gasteiger partial charge in [0.15, 0.2) is 9.84 Å². The first-order chi connectivity index (χ1) is 8.18. The highest BCUT2D eigenvalue weighted by atomic mass is 32.2. The van der Waals surface area contributed by atoms with Crippen LogP contribution in [-0.4, -0.2) is 40.0 Å². The van der Waals surface area contributed by atoms with Crippen LogP contribution in [0, 0.1) is 0 Å². The lowest BCUT2D eigenvalue weighted by molar-refractivity contribution is 0.316. The highest BCUT2D eigenvalue weighted by Gasteiger charge is 2.07. The standard InChI is InChI=1S/C10H14O6S2/c1-17(11,12)10-5-3-9(4-6-10)16-7-2-8-18(13,14)15/h3-6H,2,7-8H2,1H3,(H,13,14,15). The van der Waals surface area contributed by atoms with E-state index < -0.39 is 20.0 Å². The van der Waals surface area contributed by atoms with Gasteiger partial charge in [-0.05, 0) is 30.7 Å². The molecular formula is C10H14O6S2. The first kappa shape index (κ1) is 14.9. The molecule has 1 aromatic carbocycles. The summed E-state index contributed by atoms with van der Waals surface area (Å²) in [7, 11) is -7.20. The molecule has 1 N–H and O–H groups in total. The summed E-state index contributed by atoms with van der Waals surface area (Å²) in [6.45, 7) is 0.123. The molecule has 0 unspecified atom stereocenters. The lowest BCUT2D eigenvalue weighted by Crippen LogP contribution is -2.08. The molecule has 0 aromatic heterocycles. The van der Waals surface area contributed by atoms with Crippen LogP contribution in [0.2, 0.25) is 0 Å². The third-order valence-electron chi connectivity index (χ3n) is 2.07. The quantitative estimate of drug-likeness (QED) is 0.614. The fourth-order valence-corrected chi connectivity index (χ4v) is 2.33. The molecule has 0 spiro atoms. The SMILES string of the molecule is CS(=O)(=O)c1ccc(OCCCS(=O)(=O)O)cc1. The molecule has 0 saturated heterocycles. The maximum Gasteiger partial charge on any atom is 0.264 e. The second-order valence-corrected chi connectivity index (χ2v) is 7.32. The van der Waals surface area contributed by atoms with E-state index in [0.717, 1.165) is 6.26 Å². The Bertz CT molecular complexity index is 586. The second kappa shape index (κ2) is 5.68. The third-order valence-corrected chi connectivity index (χ3v) is 4.00. The Balaban J connectivity index is 2.50. The van der Waals surface area contributed by atoms with Crippen LogP contribution in [0.1, 0.15) is 6.42 Å². The topological polar surface area (TPSA) is 97.7 Å². The van der Waals surface area contributed by atoms with Gasteiger partial charge in [0.25, 0.3) is 10.1 Å². The fraction of sp³-hybridized carbons (Fsp3) is 0.400. The van der Waals surface area contributed by atoms with Gasteiger partial charge < -0.3 is 4.74 Å². The van der Waals surface area contributed by atoms with Crippen LogP contribution in [0.15, 0.2) is 29.2 Å². The molecule has 18 heavy (non-hydrogen) atoms. The summed E-state index contributed by atoms with van der Waals surface area (Å²) in [4.78, 5) is 0.188. The van der Waals surface area contributed by atoms with E-state index in [1.807, 2.05) is 0 Å². The van der Waals surface area contributed by atoms with Gasteiger partial charge in [-0.25, -0.2) is 8.42 Å². The van der Waals surface area contributed by atoms with Gasteiger partial charge in [-0.1, -0.05) is 0 Å². The summed E-state index contributed by atoms with van der Waals surface area (Å²) in [5, 5.41) is 0. The van der Waals surface area contributed by atoms with Crippen molar-refractivity contribution in [1.29, 1.82) is 0 Å². The van der Waals surface area contributed by atoms with Crippen molar-refractivity contribution in [2.45, 2.75) is 11.3 Å². The summed E-state index contributed by atoms with van der Waals surface area (Å²) >= 11 is 0. The van der Waals surface area contributed by atoms with Crippen molar-refractivity contribution in [3.8, 4) is 5.75 Å². The van der Waals surface area contributed by atoms with Crippen molar-refractivity contribution in [1.82, 2.24) is 0 Å². The van der Waals surface area contributed by atoms with Gasteiger partial charge in [0.05, 0.1) is 17.3 Å². The van der Waals surface area contributed by atoms with Crippen LogP contribution >= 0.6 is 0 Å². The predicted octanol–water partition coefficient (Wildman–Crippen LogP) is 0.747. The average Bonchev–Trinajstić information content (AvgIpc) is 2.22. The Kier molecular flexibility index (Phi) is 4.71. The number of sulfone groups is 1. The average molecular weight is 294 g/mol. The largest absolute Gasteiger partial charge is 0.494 e. The maximum atomic E-state index is 11.2. The van der Waals surface area contributed by atoms with Crippen LogP contribution in [0.25, 0.3) is 0 Å². The number of benzene rings is 1. The third kappa shape index (κ3) is 5.48. The molecule has 0 aliphatic rings. The molecule has 0 fully saturated rings. The lowest BCUT2D eigenvalue weighted by atomic mass is 10.3. The highest BCUT2D eigenvalue weighted by molar-refractivity contribution is 7.90. The van der Waals surface area contributed by atoms with Crippen LogP contribution in [0.4, 0.5) is 0 Å². The van der Waals surface area contributed by atoms with Crippen molar-refractivity contribution < 1.29 is 26.1 Å². The van der Waals surface area contributed by atoms with Gasteiger partial charge in [-0.2, -0.15) is 8.42 Å². The van der Waals surface area contributed by atoms with E-state index in [1.165, 1.54) is 24.3 Å². The smallest absolute Gasteiger partial charge is 0.264 e. The molecular weight excluding hydrogens is 280 g/mol. The second-order valence-electron chi connectivity index (χ2n) is 3.73. The zero-order valence-electron chi connectivity index (χ0n) is 9.74. The normalized spacial score (nSPS) is 12.3. The summed E-state index contributed by atoms with van der Waals surface area (Å²) in [6.07, 6.45) is 1.27. The van der Waals surface area contributed by atoms with E-state index in [2.05, 4.69) is 0 Å². The summed E-state index contributed by atoms with van der Waals surface area (Å²) in [6, 6.07) is 5.80. The first-order valence-corrected chi connectivity index (χ1v) is 8.57. The minimum absolute atomic E-state index is 0.123. The van der Waals surface area contributed by atoms with Crippen LogP contribution in [-0.2, 0) is 20.0 Å². The maximum absolute atomic E-state index is 11.2. The minimum atomic E-state index is -3.96. The van der Waals surface area contributed by atoms with Crippen molar-refractivity contribution in [3.05, 3.63) is 24.3 Å². The van der Waals surface area contributed by atoms with Crippen molar-refractivity contribution in [2.75, 3.05) is 18.6 Å². The van der Waals surface area contributed by atoms with Gasteiger partial charge in [-0.15, -0.1) is 0 Å². The monoisotopic (exact) mass is 294 g/mol. The summed E-state index contributed by atoms with van der Waals surface area (Å²) in [5.74, 6) is 0.0757. The molecule has 6 nitrogen and oxygen atoms in total. The van der Waals surface area contributed by atoms with Gasteiger partial charge >= 0.3 is 0 Å². The van der Waals surface area contributed by atoms with Crippen LogP contribution in [0.5, 0.6) is 5.75 Å². The molecule has 8 heteroatoms. The van der Waals surface area contributed by atoms with Crippen LogP contribution < -0.4 is 4.74 Å². The Morgan fingerprint density at radius 1 is 1.11 bits per heavy atom. The van der Waals surface area contributed by atoms with Gasteiger partial charge in [-0.3, -0.25) is 4.55 Å². The number of rotatable bonds is 6. The van der Waals surface area contributed by atoms with E-state index >= 15 is 0 Å². The molecule has 102 valence electrons. The molecule has 0 radical (unpaired) electrons. The Labute approximate surface area is 106 Å². The van der Waals surface area contributed by atoms with E-state index in [-0.39, 0.29) is 23.7 Å². The van der Waals surface area contributed by atoms with E-state index in [4.69, 9.17) is 9.29 Å². The Hall–Kier alpha value is -1.12. The minimum Gasteiger partial charge on any atom is -0.494 e. The Morgan fingerprint density at radius 3 is 2.11 bits per heavy atom. The zero-order chi connectivity index (χ0) is 13.8. The predicted molar refractivity (Wildman–Crippen MR) is 66.1 cm³/mol. The van der Waals surface area contributed by atoms with E-state index in [1.54, 1.807) is 0 Å². The highest BCUT2D eigenvalue weighted by Crippen LogP contribution is 2.15. The lowest BCUT2D eigenvalue weighted by Gasteiger charge is -2.06. The van der Waals surface area contributed by atoms with E-state index in [9.17, 15) is 16.8 Å². The molecule has 1 aromatic rings. The van der Waals surface area contributed by atoms with Crippen molar-refractivity contribution >= 4 is 20.0 Å². The molecule has 0 aliphatic heterocycles.